The summed E-state index contributed by atoms with van der Waals surface area (Å²) in [6, 6.07) is 6.75. The number of nitrogens with one attached hydrogen (secondary N) is 1. The van der Waals surface area contributed by atoms with E-state index in [0.717, 1.165) is 5.75 Å². The Morgan fingerprint density at radius 2 is 1.83 bits per heavy atom. The van der Waals surface area contributed by atoms with E-state index >= 15 is 0 Å². The molecule has 0 saturated heterocycles. The minimum atomic E-state index is 0.224. The predicted octanol–water partition coefficient (Wildman–Crippen LogP) is 4.63. The number of benzene rings is 1. The van der Waals surface area contributed by atoms with Gasteiger partial charge < -0.3 is 10.1 Å². The third-order valence-corrected chi connectivity index (χ3v) is 3.45. The lowest BCUT2D eigenvalue weighted by Crippen LogP contribution is -2.23. The molecule has 1 aromatic rings. The van der Waals surface area contributed by atoms with Gasteiger partial charge in [0.25, 0.3) is 0 Å². The number of anilines is 1. The molecule has 1 rings (SSSR count). The summed E-state index contributed by atoms with van der Waals surface area (Å²) in [5, 5.41) is 3.59. The average Bonchev–Trinajstić information content (AvgIpc) is 2.30. The molecule has 0 aliphatic rings. The van der Waals surface area contributed by atoms with Crippen molar-refractivity contribution >= 4 is 5.69 Å². The molecule has 0 amide bonds. The highest BCUT2D eigenvalue weighted by Gasteiger charge is 2.11. The Kier molecular flexibility index (Phi) is 5.52. The molecule has 2 unspecified atom stereocenters. The third-order valence-electron chi connectivity index (χ3n) is 3.45. The highest BCUT2D eigenvalue weighted by atomic mass is 16.5. The Bertz CT molecular complexity index is 373. The van der Waals surface area contributed by atoms with E-state index in [1.807, 2.05) is 19.9 Å². The predicted molar refractivity (Wildman–Crippen MR) is 79.5 cm³/mol. The molecule has 0 radical (unpaired) electrons. The second kappa shape index (κ2) is 6.67. The second-order valence-electron chi connectivity index (χ2n) is 5.46. The molecule has 0 saturated carbocycles. The van der Waals surface area contributed by atoms with Gasteiger partial charge in [-0.05, 0) is 57.4 Å². The van der Waals surface area contributed by atoms with Crippen LogP contribution in [0.15, 0.2) is 18.2 Å². The Morgan fingerprint density at radius 3 is 2.33 bits per heavy atom. The fourth-order valence-electron chi connectivity index (χ4n) is 1.88. The average molecular weight is 249 g/mol. The summed E-state index contributed by atoms with van der Waals surface area (Å²) in [7, 11) is 0. The normalized spacial score (nSPS) is 14.4. The summed E-state index contributed by atoms with van der Waals surface area (Å²) in [6.07, 6.45) is 1.42. The number of ether oxygens (including phenoxy) is 1. The van der Waals surface area contributed by atoms with Crippen LogP contribution in [0.2, 0.25) is 0 Å². The zero-order chi connectivity index (χ0) is 13.7. The van der Waals surface area contributed by atoms with Crippen LogP contribution in [0.4, 0.5) is 5.69 Å². The van der Waals surface area contributed by atoms with Gasteiger partial charge in [-0.1, -0.05) is 20.3 Å². The van der Waals surface area contributed by atoms with Gasteiger partial charge in [-0.15, -0.1) is 0 Å². The van der Waals surface area contributed by atoms with Gasteiger partial charge in [0, 0.05) is 11.7 Å². The summed E-state index contributed by atoms with van der Waals surface area (Å²) in [4.78, 5) is 0. The van der Waals surface area contributed by atoms with Gasteiger partial charge in [0.15, 0.2) is 0 Å². The van der Waals surface area contributed by atoms with E-state index in [1.54, 1.807) is 0 Å². The summed E-state index contributed by atoms with van der Waals surface area (Å²) < 4.78 is 5.70. The lowest BCUT2D eigenvalue weighted by atomic mass is 10.0. The number of rotatable bonds is 6. The van der Waals surface area contributed by atoms with E-state index < -0.39 is 0 Å². The van der Waals surface area contributed by atoms with Crippen LogP contribution in [0, 0.1) is 12.8 Å². The molecular weight excluding hydrogens is 222 g/mol. The van der Waals surface area contributed by atoms with Crippen molar-refractivity contribution in [3.63, 3.8) is 0 Å². The quantitative estimate of drug-likeness (QED) is 0.793. The molecule has 2 heteroatoms. The monoisotopic (exact) mass is 249 g/mol. The van der Waals surface area contributed by atoms with Crippen molar-refractivity contribution < 1.29 is 4.74 Å². The van der Waals surface area contributed by atoms with Crippen LogP contribution in [0.5, 0.6) is 5.75 Å². The van der Waals surface area contributed by atoms with Gasteiger partial charge in [-0.25, -0.2) is 0 Å². The Morgan fingerprint density at radius 1 is 1.17 bits per heavy atom. The van der Waals surface area contributed by atoms with Crippen LogP contribution >= 0.6 is 0 Å². The van der Waals surface area contributed by atoms with Gasteiger partial charge in [-0.3, -0.25) is 0 Å². The minimum absolute atomic E-state index is 0.224. The molecule has 2 atom stereocenters. The fourth-order valence-corrected chi connectivity index (χ4v) is 1.88. The van der Waals surface area contributed by atoms with Crippen molar-refractivity contribution in [3.8, 4) is 5.75 Å². The maximum absolute atomic E-state index is 5.70. The first kappa shape index (κ1) is 14.9. The zero-order valence-corrected chi connectivity index (χ0v) is 12.6. The maximum Gasteiger partial charge on any atom is 0.120 e. The van der Waals surface area contributed by atoms with Crippen molar-refractivity contribution in [2.24, 2.45) is 5.92 Å². The molecule has 0 aromatic heterocycles. The molecule has 0 aliphatic carbocycles. The molecule has 18 heavy (non-hydrogen) atoms. The van der Waals surface area contributed by atoms with Crippen LogP contribution in [-0.4, -0.2) is 12.1 Å². The Hall–Kier alpha value is -1.18. The smallest absolute Gasteiger partial charge is 0.120 e. The Labute approximate surface area is 112 Å². The summed E-state index contributed by atoms with van der Waals surface area (Å²) in [6.45, 7) is 13.0. The van der Waals surface area contributed by atoms with E-state index in [2.05, 4.69) is 45.1 Å². The molecule has 102 valence electrons. The summed E-state index contributed by atoms with van der Waals surface area (Å²) in [5.41, 5.74) is 2.45. The zero-order valence-electron chi connectivity index (χ0n) is 12.6. The molecule has 2 nitrogen and oxygen atoms in total. The van der Waals surface area contributed by atoms with Gasteiger partial charge in [0.1, 0.15) is 5.75 Å². The van der Waals surface area contributed by atoms with Crippen molar-refractivity contribution in [2.45, 2.75) is 60.1 Å². The van der Waals surface area contributed by atoms with Gasteiger partial charge in [0.05, 0.1) is 6.10 Å². The van der Waals surface area contributed by atoms with E-state index in [0.29, 0.717) is 12.0 Å². The van der Waals surface area contributed by atoms with E-state index in [9.17, 15) is 0 Å². The van der Waals surface area contributed by atoms with E-state index in [-0.39, 0.29) is 6.10 Å². The summed E-state index contributed by atoms with van der Waals surface area (Å²) in [5.74, 6) is 1.63. The number of hydrogen-bond donors (Lipinski definition) is 1. The fraction of sp³-hybridized carbons (Fsp3) is 0.625. The largest absolute Gasteiger partial charge is 0.491 e. The van der Waals surface area contributed by atoms with E-state index in [4.69, 9.17) is 4.74 Å². The molecular formula is C16H27NO. The van der Waals surface area contributed by atoms with Crippen molar-refractivity contribution in [2.75, 3.05) is 5.32 Å². The minimum Gasteiger partial charge on any atom is -0.491 e. The lowest BCUT2D eigenvalue weighted by Gasteiger charge is -2.22. The van der Waals surface area contributed by atoms with Crippen LogP contribution in [0.25, 0.3) is 0 Å². The van der Waals surface area contributed by atoms with Gasteiger partial charge in [0.2, 0.25) is 0 Å². The van der Waals surface area contributed by atoms with Gasteiger partial charge in [-0.2, -0.15) is 0 Å². The van der Waals surface area contributed by atoms with Gasteiger partial charge >= 0.3 is 0 Å². The van der Waals surface area contributed by atoms with Crippen LogP contribution < -0.4 is 10.1 Å². The van der Waals surface area contributed by atoms with Crippen molar-refractivity contribution in [3.05, 3.63) is 23.8 Å². The molecule has 0 spiro atoms. The highest BCUT2D eigenvalue weighted by molar-refractivity contribution is 5.54. The Balaban J connectivity index is 2.73. The van der Waals surface area contributed by atoms with E-state index in [1.165, 1.54) is 17.7 Å². The standard InChI is InChI=1S/C16H27NO/c1-7-12(4)14(6)17-16-9-8-15(10-13(16)5)18-11(2)3/h8-12,14,17H,7H2,1-6H3. The van der Waals surface area contributed by atoms with Crippen LogP contribution in [0.1, 0.15) is 46.6 Å². The first-order chi connectivity index (χ1) is 8.43. The highest BCUT2D eigenvalue weighted by Crippen LogP contribution is 2.24. The summed E-state index contributed by atoms with van der Waals surface area (Å²) >= 11 is 0. The third kappa shape index (κ3) is 4.25. The molecule has 0 heterocycles. The van der Waals surface area contributed by atoms with Crippen LogP contribution in [0.3, 0.4) is 0 Å². The first-order valence-corrected chi connectivity index (χ1v) is 6.97. The molecule has 1 aromatic carbocycles. The second-order valence-corrected chi connectivity index (χ2v) is 5.46. The van der Waals surface area contributed by atoms with Crippen LogP contribution in [-0.2, 0) is 0 Å². The molecule has 1 N–H and O–H groups in total. The SMILES string of the molecule is CCC(C)C(C)Nc1ccc(OC(C)C)cc1C. The molecule has 0 aliphatic heterocycles. The lowest BCUT2D eigenvalue weighted by molar-refractivity contribution is 0.242. The first-order valence-electron chi connectivity index (χ1n) is 6.97. The molecule has 0 fully saturated rings. The maximum atomic E-state index is 5.70. The topological polar surface area (TPSA) is 21.3 Å². The number of aryl methyl sites for hydroxylation is 1. The molecule has 0 bridgehead atoms. The number of hydrogen-bond acceptors (Lipinski definition) is 2. The van der Waals surface area contributed by atoms with Crippen molar-refractivity contribution in [1.82, 2.24) is 0 Å². The van der Waals surface area contributed by atoms with Crippen molar-refractivity contribution in [1.29, 1.82) is 0 Å².